The van der Waals surface area contributed by atoms with Crippen LogP contribution in [0.5, 0.6) is 0 Å². The van der Waals surface area contributed by atoms with Crippen LogP contribution in [0, 0.1) is 0 Å². The number of carboxylic acids is 2. The Morgan fingerprint density at radius 3 is 1.51 bits per heavy atom. The fraction of sp³-hybridized carbons (Fsp3) is 0.846. The predicted octanol–water partition coefficient (Wildman–Crippen LogP) is 5.10. The number of thiol groups is 1. The lowest BCUT2D eigenvalue weighted by Crippen LogP contribution is -2.41. The molecule has 0 rings (SSSR count). The molecule has 35 heavy (non-hydrogen) atoms. The molecule has 4 N–H and O–H groups in total. The molecule has 2 atom stereocenters. The SMILES string of the molecule is C[C@H](NCCCC(NC(=O)CCCCCCCCCCCCCCCCC(=O)O)C(=O)O)C(=O)S. The van der Waals surface area contributed by atoms with Gasteiger partial charge in [-0.3, -0.25) is 14.4 Å². The quantitative estimate of drug-likeness (QED) is 0.0842. The number of amides is 1. The number of unbranched alkanes of at least 4 members (excludes halogenated alkanes) is 13. The molecule has 0 saturated carbocycles. The second kappa shape index (κ2) is 22.8. The molecule has 0 aliphatic rings. The van der Waals surface area contributed by atoms with Crippen molar-refractivity contribution in [1.82, 2.24) is 10.6 Å². The van der Waals surface area contributed by atoms with Crippen LogP contribution in [0.2, 0.25) is 0 Å². The van der Waals surface area contributed by atoms with E-state index in [1.807, 2.05) is 0 Å². The molecule has 0 aliphatic heterocycles. The van der Waals surface area contributed by atoms with Crippen LogP contribution in [0.15, 0.2) is 0 Å². The van der Waals surface area contributed by atoms with Gasteiger partial charge in [-0.05, 0) is 39.2 Å². The summed E-state index contributed by atoms with van der Waals surface area (Å²) in [6, 6.07) is -1.28. The van der Waals surface area contributed by atoms with Gasteiger partial charge in [0.25, 0.3) is 0 Å². The first-order valence-corrected chi connectivity index (χ1v) is 13.9. The smallest absolute Gasteiger partial charge is 0.326 e. The molecule has 204 valence electrons. The van der Waals surface area contributed by atoms with Gasteiger partial charge in [-0.15, -0.1) is 12.6 Å². The van der Waals surface area contributed by atoms with Gasteiger partial charge in [-0.1, -0.05) is 77.0 Å². The summed E-state index contributed by atoms with van der Waals surface area (Å²) in [7, 11) is 0. The summed E-state index contributed by atoms with van der Waals surface area (Å²) in [5.74, 6) is -1.95. The van der Waals surface area contributed by atoms with E-state index in [9.17, 15) is 24.3 Å². The topological polar surface area (TPSA) is 133 Å². The van der Waals surface area contributed by atoms with Crippen LogP contribution < -0.4 is 10.6 Å². The molecular formula is C26H48N2O6S. The highest BCUT2D eigenvalue weighted by Crippen LogP contribution is 2.14. The van der Waals surface area contributed by atoms with Gasteiger partial charge in [0.15, 0.2) is 0 Å². The Morgan fingerprint density at radius 1 is 0.686 bits per heavy atom. The zero-order chi connectivity index (χ0) is 26.3. The zero-order valence-corrected chi connectivity index (χ0v) is 22.5. The Balaban J connectivity index is 3.56. The van der Waals surface area contributed by atoms with Crippen LogP contribution in [-0.2, 0) is 19.2 Å². The fourth-order valence-corrected chi connectivity index (χ4v) is 4.01. The average molecular weight is 517 g/mol. The monoisotopic (exact) mass is 516 g/mol. The Labute approximate surface area is 216 Å². The molecule has 0 fully saturated rings. The van der Waals surface area contributed by atoms with Crippen LogP contribution in [0.4, 0.5) is 0 Å². The maximum atomic E-state index is 12.1. The van der Waals surface area contributed by atoms with Crippen molar-refractivity contribution in [3.8, 4) is 0 Å². The average Bonchev–Trinajstić information content (AvgIpc) is 2.80. The third kappa shape index (κ3) is 22.6. The highest BCUT2D eigenvalue weighted by atomic mass is 32.1. The van der Waals surface area contributed by atoms with Gasteiger partial charge < -0.3 is 20.8 Å². The number of aliphatic carboxylic acids is 2. The van der Waals surface area contributed by atoms with E-state index in [4.69, 9.17) is 5.11 Å². The van der Waals surface area contributed by atoms with E-state index in [1.165, 1.54) is 51.4 Å². The molecule has 0 bridgehead atoms. The standard InChI is InChI=1S/C26H48N2O6S/c1-21(26(34)35)27-20-16-17-22(25(32)33)28-23(29)18-14-12-10-8-6-4-2-3-5-7-9-11-13-15-19-24(30)31/h21-22,27H,2-20H2,1H3,(H,28,29)(H,30,31)(H,32,33)(H,34,35)/t21-,22?/m0/s1. The van der Waals surface area contributed by atoms with Gasteiger partial charge >= 0.3 is 11.9 Å². The van der Waals surface area contributed by atoms with E-state index >= 15 is 0 Å². The van der Waals surface area contributed by atoms with Gasteiger partial charge in [0, 0.05) is 12.8 Å². The summed E-state index contributed by atoms with van der Waals surface area (Å²) in [6.07, 6.45) is 17.2. The first-order chi connectivity index (χ1) is 16.7. The second-order valence-corrected chi connectivity index (χ2v) is 9.90. The number of carbonyl (C=O) groups excluding carboxylic acids is 2. The molecule has 9 heteroatoms. The first-order valence-electron chi connectivity index (χ1n) is 13.4. The van der Waals surface area contributed by atoms with E-state index in [-0.39, 0.29) is 17.1 Å². The van der Waals surface area contributed by atoms with Crippen molar-refractivity contribution in [1.29, 1.82) is 0 Å². The number of rotatable bonds is 25. The zero-order valence-electron chi connectivity index (χ0n) is 21.6. The Bertz CT molecular complexity index is 602. The molecule has 0 aliphatic carbocycles. The van der Waals surface area contributed by atoms with Crippen molar-refractivity contribution in [3.05, 3.63) is 0 Å². The minimum absolute atomic E-state index is 0.217. The predicted molar refractivity (Wildman–Crippen MR) is 142 cm³/mol. The highest BCUT2D eigenvalue weighted by Gasteiger charge is 2.19. The highest BCUT2D eigenvalue weighted by molar-refractivity contribution is 7.96. The van der Waals surface area contributed by atoms with Crippen LogP contribution >= 0.6 is 12.6 Å². The molecule has 0 heterocycles. The van der Waals surface area contributed by atoms with Gasteiger partial charge in [0.2, 0.25) is 11.0 Å². The summed E-state index contributed by atoms with van der Waals surface area (Å²) < 4.78 is 0. The van der Waals surface area contributed by atoms with Crippen molar-refractivity contribution in [2.75, 3.05) is 6.54 Å². The van der Waals surface area contributed by atoms with E-state index in [2.05, 4.69) is 23.3 Å². The number of carbonyl (C=O) groups is 4. The first kappa shape index (κ1) is 33.4. The Hall–Kier alpha value is -1.61. The third-order valence-corrected chi connectivity index (χ3v) is 6.56. The number of hydrogen-bond acceptors (Lipinski definition) is 5. The van der Waals surface area contributed by atoms with Gasteiger partial charge in [-0.25, -0.2) is 4.79 Å². The number of carboxylic acid groups (broad SMARTS) is 2. The fourth-order valence-electron chi connectivity index (χ4n) is 3.92. The van der Waals surface area contributed by atoms with Crippen LogP contribution in [-0.4, -0.2) is 51.8 Å². The second-order valence-electron chi connectivity index (χ2n) is 9.46. The Morgan fingerprint density at radius 2 is 1.11 bits per heavy atom. The van der Waals surface area contributed by atoms with Crippen molar-refractivity contribution in [2.24, 2.45) is 0 Å². The molecule has 0 aromatic rings. The molecule has 0 radical (unpaired) electrons. The van der Waals surface area contributed by atoms with Gasteiger partial charge in [0.1, 0.15) is 6.04 Å². The molecule has 1 amide bonds. The third-order valence-electron chi connectivity index (χ3n) is 6.17. The van der Waals surface area contributed by atoms with E-state index in [0.717, 1.165) is 38.5 Å². The maximum Gasteiger partial charge on any atom is 0.326 e. The lowest BCUT2D eigenvalue weighted by Gasteiger charge is -2.15. The largest absolute Gasteiger partial charge is 0.481 e. The minimum atomic E-state index is -1.03. The van der Waals surface area contributed by atoms with Crippen LogP contribution in [0.3, 0.4) is 0 Å². The molecule has 8 nitrogen and oxygen atoms in total. The molecule has 1 unspecified atom stereocenters. The molecular weight excluding hydrogens is 468 g/mol. The van der Waals surface area contributed by atoms with Gasteiger partial charge in [0.05, 0.1) is 6.04 Å². The van der Waals surface area contributed by atoms with Crippen molar-refractivity contribution >= 4 is 35.6 Å². The summed E-state index contributed by atoms with van der Waals surface area (Å²) in [5.41, 5.74) is 0. The van der Waals surface area contributed by atoms with Crippen LogP contribution in [0.1, 0.15) is 122 Å². The van der Waals surface area contributed by atoms with E-state index in [0.29, 0.717) is 32.2 Å². The number of hydrogen-bond donors (Lipinski definition) is 5. The van der Waals surface area contributed by atoms with Crippen molar-refractivity contribution in [3.63, 3.8) is 0 Å². The number of nitrogens with one attached hydrogen (secondary N) is 2. The molecule has 0 aromatic carbocycles. The normalized spacial score (nSPS) is 12.7. The van der Waals surface area contributed by atoms with Crippen molar-refractivity contribution in [2.45, 2.75) is 135 Å². The summed E-state index contributed by atoms with van der Waals surface area (Å²) in [5, 5.41) is 23.2. The minimum Gasteiger partial charge on any atom is -0.481 e. The van der Waals surface area contributed by atoms with E-state index in [1.54, 1.807) is 6.92 Å². The lowest BCUT2D eigenvalue weighted by atomic mass is 10.0. The Kier molecular flexibility index (Phi) is 21.8. The lowest BCUT2D eigenvalue weighted by molar-refractivity contribution is -0.142. The molecule has 0 aromatic heterocycles. The summed E-state index contributed by atoms with van der Waals surface area (Å²) >= 11 is 3.74. The van der Waals surface area contributed by atoms with Crippen molar-refractivity contribution < 1.29 is 29.4 Å². The summed E-state index contributed by atoms with van der Waals surface area (Å²) in [4.78, 5) is 45.0. The molecule has 0 spiro atoms. The van der Waals surface area contributed by atoms with Crippen LogP contribution in [0.25, 0.3) is 0 Å². The molecule has 0 saturated heterocycles. The maximum absolute atomic E-state index is 12.1. The van der Waals surface area contributed by atoms with Gasteiger partial charge in [-0.2, -0.15) is 0 Å². The summed E-state index contributed by atoms with van der Waals surface area (Å²) in [6.45, 7) is 2.19. The van der Waals surface area contributed by atoms with E-state index < -0.39 is 18.0 Å².